The molecule has 0 heterocycles. The fourth-order valence-corrected chi connectivity index (χ4v) is 0.401. The summed E-state index contributed by atoms with van der Waals surface area (Å²) in [5.41, 5.74) is 5.53. The zero-order valence-corrected chi connectivity index (χ0v) is 6.09. The molecular weight excluding hydrogens is 118 g/mol. The van der Waals surface area contributed by atoms with Crippen LogP contribution < -0.4 is 5.73 Å². The highest BCUT2D eigenvalue weighted by Gasteiger charge is 1.96. The zero-order valence-electron chi connectivity index (χ0n) is 6.09. The standard InChI is InChI=1S/C6H15NO2/c1-3-6(7)4-9-5-8-2/h6H,3-5,7H2,1-2H3/t6-/m1/s1. The summed E-state index contributed by atoms with van der Waals surface area (Å²) in [4.78, 5) is 0. The number of hydrogen-bond acceptors (Lipinski definition) is 3. The molecule has 0 aromatic heterocycles. The van der Waals surface area contributed by atoms with Gasteiger partial charge in [-0.05, 0) is 6.42 Å². The van der Waals surface area contributed by atoms with Gasteiger partial charge in [0.1, 0.15) is 6.79 Å². The van der Waals surface area contributed by atoms with Gasteiger partial charge in [-0.3, -0.25) is 0 Å². The molecular formula is C6H15NO2. The Kier molecular flexibility index (Phi) is 5.93. The van der Waals surface area contributed by atoms with Crippen molar-refractivity contribution in [3.63, 3.8) is 0 Å². The van der Waals surface area contributed by atoms with E-state index in [0.29, 0.717) is 13.4 Å². The Bertz CT molecular complexity index is 59.0. The van der Waals surface area contributed by atoms with Crippen molar-refractivity contribution < 1.29 is 9.47 Å². The molecule has 0 aromatic rings. The Balaban J connectivity index is 2.88. The molecule has 0 fully saturated rings. The minimum absolute atomic E-state index is 0.153. The van der Waals surface area contributed by atoms with E-state index in [1.54, 1.807) is 7.11 Å². The van der Waals surface area contributed by atoms with Crippen molar-refractivity contribution in [2.24, 2.45) is 5.73 Å². The second-order valence-electron chi connectivity index (χ2n) is 1.95. The smallest absolute Gasteiger partial charge is 0.146 e. The minimum atomic E-state index is 0.153. The normalized spacial score (nSPS) is 13.7. The summed E-state index contributed by atoms with van der Waals surface area (Å²) >= 11 is 0. The van der Waals surface area contributed by atoms with Crippen LogP contribution in [-0.4, -0.2) is 26.6 Å². The maximum absolute atomic E-state index is 5.53. The van der Waals surface area contributed by atoms with E-state index in [-0.39, 0.29) is 6.04 Å². The predicted molar refractivity (Wildman–Crippen MR) is 36.1 cm³/mol. The van der Waals surface area contributed by atoms with Gasteiger partial charge in [-0.15, -0.1) is 0 Å². The van der Waals surface area contributed by atoms with Crippen LogP contribution in [0.3, 0.4) is 0 Å². The van der Waals surface area contributed by atoms with Crippen molar-refractivity contribution in [2.75, 3.05) is 20.5 Å². The highest BCUT2D eigenvalue weighted by Crippen LogP contribution is 1.86. The van der Waals surface area contributed by atoms with E-state index >= 15 is 0 Å². The summed E-state index contributed by atoms with van der Waals surface area (Å²) in [5.74, 6) is 0. The first-order valence-electron chi connectivity index (χ1n) is 3.13. The highest BCUT2D eigenvalue weighted by molar-refractivity contribution is 4.53. The maximum atomic E-state index is 5.53. The molecule has 0 aliphatic rings. The van der Waals surface area contributed by atoms with E-state index in [2.05, 4.69) is 4.74 Å². The fraction of sp³-hybridized carbons (Fsp3) is 1.00. The molecule has 0 rings (SSSR count). The Labute approximate surface area is 56.1 Å². The first kappa shape index (κ1) is 8.88. The zero-order chi connectivity index (χ0) is 7.11. The quantitative estimate of drug-likeness (QED) is 0.434. The molecule has 56 valence electrons. The van der Waals surface area contributed by atoms with Crippen molar-refractivity contribution in [3.8, 4) is 0 Å². The summed E-state index contributed by atoms with van der Waals surface area (Å²) in [5, 5.41) is 0. The topological polar surface area (TPSA) is 44.5 Å². The monoisotopic (exact) mass is 133 g/mol. The Morgan fingerprint density at radius 2 is 2.22 bits per heavy atom. The number of ether oxygens (including phenoxy) is 2. The highest BCUT2D eigenvalue weighted by atomic mass is 16.7. The van der Waals surface area contributed by atoms with Crippen LogP contribution in [0, 0.1) is 0 Å². The van der Waals surface area contributed by atoms with Gasteiger partial charge in [-0.2, -0.15) is 0 Å². The summed E-state index contributed by atoms with van der Waals surface area (Å²) < 4.78 is 9.65. The minimum Gasteiger partial charge on any atom is -0.359 e. The average molecular weight is 133 g/mol. The van der Waals surface area contributed by atoms with Crippen LogP contribution in [0.25, 0.3) is 0 Å². The molecule has 0 aromatic carbocycles. The van der Waals surface area contributed by atoms with E-state index in [4.69, 9.17) is 10.5 Å². The van der Waals surface area contributed by atoms with Gasteiger partial charge in [0.2, 0.25) is 0 Å². The lowest BCUT2D eigenvalue weighted by Gasteiger charge is -2.07. The Morgan fingerprint density at radius 3 is 2.67 bits per heavy atom. The molecule has 0 bridgehead atoms. The first-order valence-corrected chi connectivity index (χ1v) is 3.13. The molecule has 0 saturated heterocycles. The third-order valence-corrected chi connectivity index (χ3v) is 1.06. The van der Waals surface area contributed by atoms with E-state index < -0.39 is 0 Å². The lowest BCUT2D eigenvalue weighted by atomic mass is 10.3. The molecule has 0 saturated carbocycles. The molecule has 0 aliphatic carbocycles. The SMILES string of the molecule is CC[C@@H](N)COCOC. The van der Waals surface area contributed by atoms with E-state index in [1.165, 1.54) is 0 Å². The van der Waals surface area contributed by atoms with Crippen molar-refractivity contribution in [1.29, 1.82) is 0 Å². The van der Waals surface area contributed by atoms with Crippen LogP contribution in [0.4, 0.5) is 0 Å². The molecule has 0 aliphatic heterocycles. The number of methoxy groups -OCH3 is 1. The van der Waals surface area contributed by atoms with Crippen molar-refractivity contribution in [2.45, 2.75) is 19.4 Å². The number of rotatable bonds is 5. The van der Waals surface area contributed by atoms with Crippen LogP contribution in [0.5, 0.6) is 0 Å². The molecule has 1 atom stereocenters. The third kappa shape index (κ3) is 5.76. The van der Waals surface area contributed by atoms with Gasteiger partial charge in [0, 0.05) is 13.2 Å². The van der Waals surface area contributed by atoms with Crippen LogP contribution in [0.1, 0.15) is 13.3 Å². The fourth-order valence-electron chi connectivity index (χ4n) is 0.401. The number of hydrogen-bond donors (Lipinski definition) is 1. The molecule has 9 heavy (non-hydrogen) atoms. The van der Waals surface area contributed by atoms with Gasteiger partial charge < -0.3 is 15.2 Å². The second-order valence-corrected chi connectivity index (χ2v) is 1.95. The summed E-state index contributed by atoms with van der Waals surface area (Å²) in [6.45, 7) is 2.96. The largest absolute Gasteiger partial charge is 0.359 e. The van der Waals surface area contributed by atoms with Gasteiger partial charge in [0.25, 0.3) is 0 Å². The van der Waals surface area contributed by atoms with Crippen molar-refractivity contribution in [1.82, 2.24) is 0 Å². The first-order chi connectivity index (χ1) is 4.31. The second kappa shape index (κ2) is 6.01. The molecule has 3 heteroatoms. The Hall–Kier alpha value is -0.120. The Morgan fingerprint density at radius 1 is 1.56 bits per heavy atom. The molecule has 0 unspecified atom stereocenters. The van der Waals surface area contributed by atoms with Crippen molar-refractivity contribution >= 4 is 0 Å². The predicted octanol–water partition coefficient (Wildman–Crippen LogP) is 0.344. The van der Waals surface area contributed by atoms with Gasteiger partial charge >= 0.3 is 0 Å². The summed E-state index contributed by atoms with van der Waals surface area (Å²) in [6.07, 6.45) is 0.948. The molecule has 0 amide bonds. The lowest BCUT2D eigenvalue weighted by Crippen LogP contribution is -2.25. The molecule has 2 N–H and O–H groups in total. The van der Waals surface area contributed by atoms with Crippen LogP contribution in [0.2, 0.25) is 0 Å². The maximum Gasteiger partial charge on any atom is 0.146 e. The van der Waals surface area contributed by atoms with Gasteiger partial charge in [-0.25, -0.2) is 0 Å². The molecule has 3 nitrogen and oxygen atoms in total. The summed E-state index contributed by atoms with van der Waals surface area (Å²) in [6, 6.07) is 0.153. The lowest BCUT2D eigenvalue weighted by molar-refractivity contribution is -0.0351. The van der Waals surface area contributed by atoms with E-state index in [1.807, 2.05) is 6.92 Å². The van der Waals surface area contributed by atoms with Crippen LogP contribution in [0.15, 0.2) is 0 Å². The number of nitrogens with two attached hydrogens (primary N) is 1. The van der Waals surface area contributed by atoms with Crippen molar-refractivity contribution in [3.05, 3.63) is 0 Å². The van der Waals surface area contributed by atoms with Gasteiger partial charge in [-0.1, -0.05) is 6.92 Å². The van der Waals surface area contributed by atoms with E-state index in [9.17, 15) is 0 Å². The van der Waals surface area contributed by atoms with E-state index in [0.717, 1.165) is 6.42 Å². The third-order valence-electron chi connectivity index (χ3n) is 1.06. The molecule has 0 spiro atoms. The molecule has 0 radical (unpaired) electrons. The van der Waals surface area contributed by atoms with Crippen LogP contribution in [-0.2, 0) is 9.47 Å². The van der Waals surface area contributed by atoms with Gasteiger partial charge in [0.15, 0.2) is 0 Å². The average Bonchev–Trinajstić information content (AvgIpc) is 1.89. The van der Waals surface area contributed by atoms with Gasteiger partial charge in [0.05, 0.1) is 6.61 Å². The summed E-state index contributed by atoms with van der Waals surface area (Å²) in [7, 11) is 1.59. The van der Waals surface area contributed by atoms with Crippen LogP contribution >= 0.6 is 0 Å².